The first kappa shape index (κ1) is 17.3. The number of nitrogens with zero attached hydrogens (tertiary/aromatic N) is 1. The molecule has 0 radical (unpaired) electrons. The van der Waals surface area contributed by atoms with Crippen molar-refractivity contribution in [3.8, 4) is 0 Å². The Morgan fingerprint density at radius 1 is 1.29 bits per heavy atom. The summed E-state index contributed by atoms with van der Waals surface area (Å²) in [5, 5.41) is 0. The zero-order chi connectivity index (χ0) is 19.6. The van der Waals surface area contributed by atoms with Gasteiger partial charge >= 0.3 is 6.09 Å². The Morgan fingerprint density at radius 3 is 2.79 bits per heavy atom. The van der Waals surface area contributed by atoms with Crippen LogP contribution < -0.4 is 0 Å². The van der Waals surface area contributed by atoms with Crippen LogP contribution in [0.25, 0.3) is 0 Å². The molecule has 7 rings (SSSR count). The Balaban J connectivity index is 1.63. The van der Waals surface area contributed by atoms with Gasteiger partial charge < -0.3 is 14.4 Å². The van der Waals surface area contributed by atoms with Crippen molar-refractivity contribution in [1.29, 1.82) is 0 Å². The van der Waals surface area contributed by atoms with E-state index in [2.05, 4.69) is 25.7 Å². The van der Waals surface area contributed by atoms with Gasteiger partial charge in [0, 0.05) is 31.0 Å². The van der Waals surface area contributed by atoms with Crippen LogP contribution in [0.2, 0.25) is 0 Å². The number of hydrogen-bond acceptors (Lipinski definition) is 4. The zero-order valence-corrected chi connectivity index (χ0v) is 16.9. The second kappa shape index (κ2) is 4.92. The smallest absolute Gasteiger partial charge is 0.409 e. The molecule has 0 N–H and O–H groups in total. The number of methoxy groups -OCH3 is 2. The summed E-state index contributed by atoms with van der Waals surface area (Å²) in [7, 11) is 3.29. The van der Waals surface area contributed by atoms with Gasteiger partial charge in [0.05, 0.1) is 18.6 Å². The van der Waals surface area contributed by atoms with Gasteiger partial charge in [0.25, 0.3) is 0 Å². The van der Waals surface area contributed by atoms with E-state index in [-0.39, 0.29) is 52.6 Å². The van der Waals surface area contributed by atoms with Crippen molar-refractivity contribution in [2.45, 2.75) is 44.8 Å². The number of allylic oxidation sites excluding steroid dienone is 3. The Labute approximate surface area is 166 Å². The quantitative estimate of drug-likeness (QED) is 0.515. The highest BCUT2D eigenvalue weighted by Gasteiger charge is 2.85. The average Bonchev–Trinajstić information content (AvgIpc) is 3.12. The minimum absolute atomic E-state index is 0.0199. The fraction of sp³-hybridized carbons (Fsp3) is 0.739. The number of piperidine rings is 1. The van der Waals surface area contributed by atoms with Crippen LogP contribution in [0.4, 0.5) is 4.79 Å². The summed E-state index contributed by atoms with van der Waals surface area (Å²) in [5.74, 6) is 1.25. The van der Waals surface area contributed by atoms with Gasteiger partial charge in [-0.15, -0.1) is 0 Å². The van der Waals surface area contributed by atoms with Crippen LogP contribution in [0.1, 0.15) is 32.6 Å². The van der Waals surface area contributed by atoms with Crippen molar-refractivity contribution in [3.05, 3.63) is 24.3 Å². The van der Waals surface area contributed by atoms with E-state index in [1.807, 2.05) is 12.0 Å². The van der Waals surface area contributed by atoms with Crippen LogP contribution in [0, 0.1) is 39.9 Å². The van der Waals surface area contributed by atoms with Crippen molar-refractivity contribution < 1.29 is 19.1 Å². The number of Topliss-reactive ketones (excluding diaryl/α,β-unsaturated/α-hetero) is 1. The van der Waals surface area contributed by atoms with E-state index in [4.69, 9.17) is 9.47 Å². The number of fused-ring (bicyclic) bond motifs is 1. The lowest BCUT2D eigenvalue weighted by Crippen LogP contribution is -2.69. The molecular weight excluding hydrogens is 354 g/mol. The summed E-state index contributed by atoms with van der Waals surface area (Å²) in [6.45, 7) is 7.25. The third-order valence-corrected chi connectivity index (χ3v) is 9.94. The second-order valence-corrected chi connectivity index (χ2v) is 10.4. The number of carbonyl (C=O) groups is 2. The predicted octanol–water partition coefficient (Wildman–Crippen LogP) is 3.21. The Hall–Kier alpha value is -1.62. The van der Waals surface area contributed by atoms with Gasteiger partial charge in [0.15, 0.2) is 5.78 Å². The monoisotopic (exact) mass is 383 g/mol. The molecule has 150 valence electrons. The number of rotatable bonds is 1. The highest BCUT2D eigenvalue weighted by atomic mass is 16.5. The van der Waals surface area contributed by atoms with E-state index in [0.717, 1.165) is 37.8 Å². The van der Waals surface area contributed by atoms with Gasteiger partial charge in [-0.05, 0) is 54.4 Å². The van der Waals surface area contributed by atoms with Gasteiger partial charge in [-0.25, -0.2) is 4.79 Å². The Morgan fingerprint density at radius 2 is 2.07 bits per heavy atom. The standard InChI is InChI=1S/C23H29NO4/c1-12-13-5-8-22(19(12)25)14-10-15-21(2)7-6-17(27-3)23(15,16(22)9-13)18(14)24(11-21)20(26)28-4/h5,8,13-18H,1,6-7,9-11H2,2-4H3/t13-,14-,15+,16?,17?,18?,21?,22-,23?/m0/s1. The molecule has 2 spiro atoms. The first-order chi connectivity index (χ1) is 13.4. The van der Waals surface area contributed by atoms with Gasteiger partial charge in [0.1, 0.15) is 0 Å². The average molecular weight is 383 g/mol. The number of ether oxygens (including phenoxy) is 2. The minimum Gasteiger partial charge on any atom is -0.453 e. The summed E-state index contributed by atoms with van der Waals surface area (Å²) < 4.78 is 11.4. The topological polar surface area (TPSA) is 55.8 Å². The molecule has 4 saturated carbocycles. The third-order valence-electron chi connectivity index (χ3n) is 9.94. The number of carbonyl (C=O) groups excluding carboxylic acids is 2. The first-order valence-corrected chi connectivity index (χ1v) is 10.7. The summed E-state index contributed by atoms with van der Waals surface area (Å²) in [6.07, 6.45) is 8.31. The molecule has 5 heteroatoms. The van der Waals surface area contributed by atoms with E-state index in [9.17, 15) is 9.59 Å². The summed E-state index contributed by atoms with van der Waals surface area (Å²) in [6, 6.07) is 0.0199. The lowest BCUT2D eigenvalue weighted by Gasteiger charge is -2.66. The number of ketones is 1. The second-order valence-electron chi connectivity index (χ2n) is 10.4. The molecule has 0 aromatic carbocycles. The van der Waals surface area contributed by atoms with Gasteiger partial charge in [0.2, 0.25) is 0 Å². The van der Waals surface area contributed by atoms with Gasteiger partial charge in [-0.2, -0.15) is 0 Å². The van der Waals surface area contributed by atoms with Crippen molar-refractivity contribution >= 4 is 11.9 Å². The fourth-order valence-electron chi connectivity index (χ4n) is 9.27. The largest absolute Gasteiger partial charge is 0.453 e. The van der Waals surface area contributed by atoms with Crippen molar-refractivity contribution in [3.63, 3.8) is 0 Å². The molecule has 5 fully saturated rings. The number of amides is 1. The van der Waals surface area contributed by atoms with Crippen molar-refractivity contribution in [2.24, 2.45) is 39.9 Å². The summed E-state index contributed by atoms with van der Waals surface area (Å²) in [5.41, 5.74) is 0.183. The Kier molecular flexibility index (Phi) is 3.03. The van der Waals surface area contributed by atoms with Crippen LogP contribution in [0.5, 0.6) is 0 Å². The normalized spacial score (nSPS) is 54.9. The maximum Gasteiger partial charge on any atom is 0.409 e. The number of hydrogen-bond donors (Lipinski definition) is 0. The molecule has 1 saturated heterocycles. The van der Waals surface area contributed by atoms with E-state index in [1.54, 1.807) is 0 Å². The molecule has 1 heterocycles. The van der Waals surface area contributed by atoms with Crippen LogP contribution >= 0.6 is 0 Å². The van der Waals surface area contributed by atoms with Gasteiger partial charge in [-0.3, -0.25) is 4.79 Å². The molecule has 9 atom stereocenters. The van der Waals surface area contributed by atoms with Crippen molar-refractivity contribution in [1.82, 2.24) is 4.90 Å². The summed E-state index contributed by atoms with van der Waals surface area (Å²) >= 11 is 0. The SMILES string of the molecule is C=C1C(=O)[C@]23C=C[C@H]1CC2C12C(OC)CCC4(C)CN(C(=O)OC)C1[C@@H]3C[C@H]42. The maximum atomic E-state index is 13.6. The molecule has 5 nitrogen and oxygen atoms in total. The fourth-order valence-corrected chi connectivity index (χ4v) is 9.27. The lowest BCUT2D eigenvalue weighted by atomic mass is 9.41. The molecule has 7 bridgehead atoms. The zero-order valence-electron chi connectivity index (χ0n) is 16.9. The maximum absolute atomic E-state index is 13.6. The van der Waals surface area contributed by atoms with Crippen LogP contribution in [0.3, 0.4) is 0 Å². The molecular formula is C23H29NO4. The molecule has 6 aliphatic carbocycles. The van der Waals surface area contributed by atoms with Crippen LogP contribution in [-0.4, -0.2) is 49.7 Å². The summed E-state index contributed by atoms with van der Waals surface area (Å²) in [4.78, 5) is 28.5. The molecule has 28 heavy (non-hydrogen) atoms. The molecule has 7 aliphatic rings. The van der Waals surface area contributed by atoms with Gasteiger partial charge in [-0.1, -0.05) is 25.7 Å². The predicted molar refractivity (Wildman–Crippen MR) is 102 cm³/mol. The minimum atomic E-state index is -0.501. The Bertz CT molecular complexity index is 850. The lowest BCUT2D eigenvalue weighted by molar-refractivity contribution is -0.206. The first-order valence-electron chi connectivity index (χ1n) is 10.7. The third kappa shape index (κ3) is 1.46. The van der Waals surface area contributed by atoms with Crippen molar-refractivity contribution in [2.75, 3.05) is 20.8 Å². The molecule has 0 aromatic heterocycles. The molecule has 5 unspecified atom stereocenters. The molecule has 0 aromatic rings. The number of likely N-dealkylation sites (tertiary alicyclic amines) is 1. The van der Waals surface area contributed by atoms with E-state index in [1.165, 1.54) is 7.11 Å². The highest BCUT2D eigenvalue weighted by Crippen LogP contribution is 2.82. The molecule has 1 amide bonds. The van der Waals surface area contributed by atoms with E-state index < -0.39 is 5.41 Å². The van der Waals surface area contributed by atoms with Crippen LogP contribution in [-0.2, 0) is 14.3 Å². The van der Waals surface area contributed by atoms with Crippen LogP contribution in [0.15, 0.2) is 24.3 Å². The highest BCUT2D eigenvalue weighted by molar-refractivity contribution is 6.05. The van der Waals surface area contributed by atoms with E-state index >= 15 is 0 Å². The van der Waals surface area contributed by atoms with E-state index in [0.29, 0.717) is 5.92 Å². The molecule has 1 aliphatic heterocycles.